The molecule has 16 heavy (non-hydrogen) atoms. The Labute approximate surface area is 103 Å². The molecule has 1 fully saturated rings. The van der Waals surface area contributed by atoms with E-state index in [4.69, 9.17) is 16.3 Å². The van der Waals surface area contributed by atoms with Gasteiger partial charge in [0.1, 0.15) is 5.38 Å². The van der Waals surface area contributed by atoms with Crippen LogP contribution in [0, 0.1) is 11.3 Å². The van der Waals surface area contributed by atoms with Gasteiger partial charge in [0.15, 0.2) is 0 Å². The summed E-state index contributed by atoms with van der Waals surface area (Å²) in [6.45, 7) is 11.1. The molecule has 94 valence electrons. The number of likely N-dealkylation sites (tertiary alicyclic amines) is 1. The van der Waals surface area contributed by atoms with E-state index in [0.717, 1.165) is 26.3 Å². The molecule has 0 aliphatic carbocycles. The van der Waals surface area contributed by atoms with Crippen molar-refractivity contribution in [1.82, 2.24) is 4.90 Å². The van der Waals surface area contributed by atoms with Crippen LogP contribution in [0.1, 0.15) is 27.7 Å². The van der Waals surface area contributed by atoms with Gasteiger partial charge >= 0.3 is 0 Å². The molecule has 1 heterocycles. The van der Waals surface area contributed by atoms with Gasteiger partial charge in [-0.3, -0.25) is 4.79 Å². The third kappa shape index (κ3) is 3.11. The average molecular weight is 248 g/mol. The fraction of sp³-hybridized carbons (Fsp3) is 0.917. The lowest BCUT2D eigenvalue weighted by molar-refractivity contribution is -0.129. The first kappa shape index (κ1) is 13.8. The molecule has 1 amide bonds. The lowest BCUT2D eigenvalue weighted by Crippen LogP contribution is -2.34. The van der Waals surface area contributed by atoms with Gasteiger partial charge in [-0.2, -0.15) is 0 Å². The van der Waals surface area contributed by atoms with Crippen molar-refractivity contribution in [3.63, 3.8) is 0 Å². The molecule has 0 N–H and O–H groups in total. The highest BCUT2D eigenvalue weighted by Crippen LogP contribution is 2.35. The predicted octanol–water partition coefficient (Wildman–Crippen LogP) is 2.13. The number of rotatable bonds is 4. The lowest BCUT2D eigenvalue weighted by atomic mass is 9.83. The number of hydrogen-bond donors (Lipinski definition) is 0. The van der Waals surface area contributed by atoms with Crippen LogP contribution in [-0.4, -0.2) is 42.5 Å². The van der Waals surface area contributed by atoms with Crippen LogP contribution in [0.5, 0.6) is 0 Å². The van der Waals surface area contributed by atoms with Crippen LogP contribution in [0.3, 0.4) is 0 Å². The second-order valence-electron chi connectivity index (χ2n) is 5.18. The third-order valence-corrected chi connectivity index (χ3v) is 3.51. The summed E-state index contributed by atoms with van der Waals surface area (Å²) < 4.78 is 5.47. The average Bonchev–Trinajstić information content (AvgIpc) is 2.49. The monoisotopic (exact) mass is 247 g/mol. The maximum Gasteiger partial charge on any atom is 0.240 e. The van der Waals surface area contributed by atoms with Gasteiger partial charge in [-0.25, -0.2) is 0 Å². The predicted molar refractivity (Wildman–Crippen MR) is 65.7 cm³/mol. The van der Waals surface area contributed by atoms with Crippen LogP contribution in [0.2, 0.25) is 0 Å². The second kappa shape index (κ2) is 5.37. The minimum atomic E-state index is -0.429. The van der Waals surface area contributed by atoms with Crippen molar-refractivity contribution in [2.75, 3.05) is 26.3 Å². The van der Waals surface area contributed by atoms with Crippen molar-refractivity contribution in [1.29, 1.82) is 0 Å². The van der Waals surface area contributed by atoms with E-state index in [2.05, 4.69) is 13.8 Å². The number of carbonyl (C=O) groups excluding carboxylic acids is 1. The number of hydrogen-bond acceptors (Lipinski definition) is 2. The van der Waals surface area contributed by atoms with E-state index in [-0.39, 0.29) is 11.3 Å². The molecule has 0 radical (unpaired) electrons. The van der Waals surface area contributed by atoms with Crippen molar-refractivity contribution in [2.45, 2.75) is 33.1 Å². The van der Waals surface area contributed by atoms with Crippen LogP contribution in [0.15, 0.2) is 0 Å². The fourth-order valence-corrected chi connectivity index (χ4v) is 2.29. The first-order chi connectivity index (χ1) is 7.38. The van der Waals surface area contributed by atoms with Gasteiger partial charge in [0.2, 0.25) is 5.91 Å². The number of halogens is 1. The molecule has 0 bridgehead atoms. The summed E-state index contributed by atoms with van der Waals surface area (Å²) >= 11 is 5.83. The quantitative estimate of drug-likeness (QED) is 0.713. The molecule has 0 aromatic rings. The van der Waals surface area contributed by atoms with Gasteiger partial charge in [-0.05, 0) is 19.3 Å². The van der Waals surface area contributed by atoms with E-state index >= 15 is 0 Å². The molecule has 0 aromatic carbocycles. The zero-order chi connectivity index (χ0) is 12.3. The molecule has 0 spiro atoms. The summed E-state index contributed by atoms with van der Waals surface area (Å²) in [4.78, 5) is 13.7. The Bertz CT molecular complexity index is 253. The fourth-order valence-electron chi connectivity index (χ4n) is 2.16. The molecule has 3 nitrogen and oxygen atoms in total. The Balaban J connectivity index is 2.60. The number of alkyl halides is 1. The van der Waals surface area contributed by atoms with Gasteiger partial charge in [-0.15, -0.1) is 11.6 Å². The normalized spacial score (nSPS) is 25.8. The Kier molecular flexibility index (Phi) is 4.62. The van der Waals surface area contributed by atoms with E-state index < -0.39 is 5.38 Å². The summed E-state index contributed by atoms with van der Waals surface area (Å²) in [7, 11) is 0. The molecular weight excluding hydrogens is 226 g/mol. The topological polar surface area (TPSA) is 29.5 Å². The standard InChI is InChI=1S/C12H22ClNO2/c1-5-16-7-10-6-14(8-12(10,3)4)11(15)9(2)13/h9-10H,5-8H2,1-4H3. The Hall–Kier alpha value is -0.280. The van der Waals surface area contributed by atoms with Crippen molar-refractivity contribution < 1.29 is 9.53 Å². The minimum absolute atomic E-state index is 0.0359. The maximum absolute atomic E-state index is 11.8. The minimum Gasteiger partial charge on any atom is -0.381 e. The maximum atomic E-state index is 11.8. The van der Waals surface area contributed by atoms with Crippen LogP contribution in [0.25, 0.3) is 0 Å². The first-order valence-electron chi connectivity index (χ1n) is 5.89. The molecule has 2 unspecified atom stereocenters. The Morgan fingerprint density at radius 3 is 2.75 bits per heavy atom. The smallest absolute Gasteiger partial charge is 0.240 e. The molecular formula is C12H22ClNO2. The van der Waals surface area contributed by atoms with E-state index in [9.17, 15) is 4.79 Å². The summed E-state index contributed by atoms with van der Waals surface area (Å²) in [5.74, 6) is 0.445. The van der Waals surface area contributed by atoms with Crippen LogP contribution in [-0.2, 0) is 9.53 Å². The number of amides is 1. The highest BCUT2D eigenvalue weighted by Gasteiger charge is 2.41. The zero-order valence-electron chi connectivity index (χ0n) is 10.6. The van der Waals surface area contributed by atoms with Crippen molar-refractivity contribution in [3.05, 3.63) is 0 Å². The van der Waals surface area contributed by atoms with E-state index in [0.29, 0.717) is 5.92 Å². The highest BCUT2D eigenvalue weighted by molar-refractivity contribution is 6.30. The molecule has 1 aliphatic rings. The van der Waals surface area contributed by atoms with Crippen LogP contribution in [0.4, 0.5) is 0 Å². The van der Waals surface area contributed by atoms with Gasteiger partial charge < -0.3 is 9.64 Å². The van der Waals surface area contributed by atoms with Crippen molar-refractivity contribution in [2.24, 2.45) is 11.3 Å². The van der Waals surface area contributed by atoms with E-state index in [1.807, 2.05) is 11.8 Å². The molecule has 1 saturated heterocycles. The molecule has 1 rings (SSSR count). The zero-order valence-corrected chi connectivity index (χ0v) is 11.4. The van der Waals surface area contributed by atoms with Crippen molar-refractivity contribution >= 4 is 17.5 Å². The second-order valence-corrected chi connectivity index (χ2v) is 5.83. The van der Waals surface area contributed by atoms with Crippen molar-refractivity contribution in [3.8, 4) is 0 Å². The third-order valence-electron chi connectivity index (χ3n) is 3.32. The van der Waals surface area contributed by atoms with Gasteiger partial charge in [-0.1, -0.05) is 13.8 Å². The van der Waals surface area contributed by atoms with Crippen LogP contribution >= 0.6 is 11.6 Å². The van der Waals surface area contributed by atoms with E-state index in [1.165, 1.54) is 0 Å². The Morgan fingerprint density at radius 1 is 1.62 bits per heavy atom. The number of carbonyl (C=O) groups is 1. The number of ether oxygens (including phenoxy) is 1. The van der Waals surface area contributed by atoms with Gasteiger partial charge in [0, 0.05) is 25.6 Å². The van der Waals surface area contributed by atoms with Gasteiger partial charge in [0.25, 0.3) is 0 Å². The van der Waals surface area contributed by atoms with E-state index in [1.54, 1.807) is 6.92 Å². The SMILES string of the molecule is CCOCC1CN(C(=O)C(C)Cl)CC1(C)C. The highest BCUT2D eigenvalue weighted by atomic mass is 35.5. The summed E-state index contributed by atoms with van der Waals surface area (Å²) in [6, 6.07) is 0. The molecule has 2 atom stereocenters. The number of nitrogens with zero attached hydrogens (tertiary/aromatic N) is 1. The first-order valence-corrected chi connectivity index (χ1v) is 6.32. The van der Waals surface area contributed by atoms with Gasteiger partial charge in [0.05, 0.1) is 6.61 Å². The molecule has 4 heteroatoms. The molecule has 0 saturated carbocycles. The summed E-state index contributed by atoms with van der Waals surface area (Å²) in [5, 5.41) is -0.429. The largest absolute Gasteiger partial charge is 0.381 e. The lowest BCUT2D eigenvalue weighted by Gasteiger charge is -2.24. The molecule has 1 aliphatic heterocycles. The van der Waals surface area contributed by atoms with Crippen LogP contribution < -0.4 is 0 Å². The Morgan fingerprint density at radius 2 is 2.25 bits per heavy atom. The summed E-state index contributed by atoms with van der Waals surface area (Å²) in [6.07, 6.45) is 0. The molecule has 0 aromatic heterocycles. The summed E-state index contributed by atoms with van der Waals surface area (Å²) in [5.41, 5.74) is 0.122.